The number of halogens is 4. The van der Waals surface area contributed by atoms with Crippen LogP contribution in [0.5, 0.6) is 0 Å². The van der Waals surface area contributed by atoms with Crippen LogP contribution in [0, 0.1) is 11.6 Å². The third-order valence-corrected chi connectivity index (χ3v) is 5.06. The Bertz CT molecular complexity index is 1160. The summed E-state index contributed by atoms with van der Waals surface area (Å²) >= 11 is 12.5. The van der Waals surface area contributed by atoms with Crippen LogP contribution in [0.1, 0.15) is 40.5 Å². The van der Waals surface area contributed by atoms with Gasteiger partial charge in [-0.15, -0.1) is 5.10 Å². The van der Waals surface area contributed by atoms with Gasteiger partial charge in [-0.1, -0.05) is 29.3 Å². The molecule has 6 nitrogen and oxygen atoms in total. The standard InChI is InChI=1S/C18H10Cl2F2N4O2/c1-7-17-24-16(18(27)28)25-26(17)11-6-5-8(19)14(20)13(11)15(23-7)12-9(21)3-2-4-10(12)22/h2-7H,1H3,(H,27,28). The zero-order valence-corrected chi connectivity index (χ0v) is 15.6. The van der Waals surface area contributed by atoms with E-state index >= 15 is 0 Å². The SMILES string of the molecule is CC1N=C(c2c(F)cccc2F)c2c(ccc(Cl)c2Cl)-n2nc(C(=O)O)nc21. The van der Waals surface area contributed by atoms with Gasteiger partial charge in [-0.25, -0.2) is 23.2 Å². The first kappa shape index (κ1) is 18.5. The molecule has 0 fully saturated rings. The number of hydrogen-bond acceptors (Lipinski definition) is 4. The second-order valence-electron chi connectivity index (χ2n) is 6.02. The van der Waals surface area contributed by atoms with Gasteiger partial charge in [0.05, 0.1) is 27.0 Å². The highest BCUT2D eigenvalue weighted by Crippen LogP contribution is 2.37. The Labute approximate surface area is 167 Å². The summed E-state index contributed by atoms with van der Waals surface area (Å²) in [7, 11) is 0. The molecule has 0 spiro atoms. The van der Waals surface area contributed by atoms with Gasteiger partial charge >= 0.3 is 5.97 Å². The van der Waals surface area contributed by atoms with Crippen molar-refractivity contribution in [2.24, 2.45) is 4.99 Å². The number of hydrogen-bond donors (Lipinski definition) is 1. The molecule has 1 N–H and O–H groups in total. The van der Waals surface area contributed by atoms with Crippen LogP contribution in [0.4, 0.5) is 8.78 Å². The van der Waals surface area contributed by atoms with Gasteiger partial charge in [0.15, 0.2) is 5.82 Å². The van der Waals surface area contributed by atoms with Gasteiger partial charge in [-0.3, -0.25) is 4.99 Å². The monoisotopic (exact) mass is 422 g/mol. The summed E-state index contributed by atoms with van der Waals surface area (Å²) in [5.74, 6) is -3.23. The second-order valence-corrected chi connectivity index (χ2v) is 6.80. The van der Waals surface area contributed by atoms with Crippen molar-refractivity contribution in [3.05, 3.63) is 74.8 Å². The van der Waals surface area contributed by atoms with E-state index in [9.17, 15) is 18.7 Å². The predicted octanol–water partition coefficient (Wildman–Crippen LogP) is 4.46. The average molecular weight is 423 g/mol. The number of aromatic carboxylic acids is 1. The fourth-order valence-electron chi connectivity index (χ4n) is 3.03. The first-order valence-corrected chi connectivity index (χ1v) is 8.76. The molecule has 1 aromatic heterocycles. The normalized spacial score (nSPS) is 15.5. The molecule has 1 aliphatic heterocycles. The van der Waals surface area contributed by atoms with E-state index in [-0.39, 0.29) is 38.4 Å². The lowest BCUT2D eigenvalue weighted by Crippen LogP contribution is -2.13. The van der Waals surface area contributed by atoms with Gasteiger partial charge in [0.2, 0.25) is 0 Å². The summed E-state index contributed by atoms with van der Waals surface area (Å²) in [5.41, 5.74) is -0.0421. The Balaban J connectivity index is 2.11. The minimum absolute atomic E-state index is 0.00740. The van der Waals surface area contributed by atoms with Gasteiger partial charge in [0.1, 0.15) is 17.7 Å². The molecule has 0 radical (unpaired) electrons. The summed E-state index contributed by atoms with van der Waals surface area (Å²) in [6.45, 7) is 1.60. The first-order chi connectivity index (χ1) is 13.3. The number of nitrogens with zero attached hydrogens (tertiary/aromatic N) is 4. The van der Waals surface area contributed by atoms with Crippen molar-refractivity contribution < 1.29 is 18.7 Å². The molecular weight excluding hydrogens is 413 g/mol. The van der Waals surface area contributed by atoms with E-state index in [0.29, 0.717) is 0 Å². The van der Waals surface area contributed by atoms with Crippen LogP contribution in [0.2, 0.25) is 10.0 Å². The highest BCUT2D eigenvalue weighted by molar-refractivity contribution is 6.45. The van der Waals surface area contributed by atoms with Gasteiger partial charge in [-0.2, -0.15) is 0 Å². The quantitative estimate of drug-likeness (QED) is 0.660. The largest absolute Gasteiger partial charge is 0.475 e. The number of carboxylic acid groups (broad SMARTS) is 1. The number of aliphatic imine (C=N–C) groups is 1. The molecule has 1 unspecified atom stereocenters. The fourth-order valence-corrected chi connectivity index (χ4v) is 3.44. The Morgan fingerprint density at radius 2 is 1.82 bits per heavy atom. The number of carbonyl (C=O) groups is 1. The van der Waals surface area contributed by atoms with Crippen LogP contribution >= 0.6 is 23.2 Å². The van der Waals surface area contributed by atoms with E-state index in [1.807, 2.05) is 0 Å². The molecule has 28 heavy (non-hydrogen) atoms. The minimum Gasteiger partial charge on any atom is -0.475 e. The highest BCUT2D eigenvalue weighted by atomic mass is 35.5. The molecule has 2 aromatic carbocycles. The Kier molecular flexibility index (Phi) is 4.40. The van der Waals surface area contributed by atoms with E-state index < -0.39 is 29.5 Å². The number of carboxylic acids is 1. The van der Waals surface area contributed by atoms with E-state index in [1.165, 1.54) is 22.9 Å². The molecule has 0 aliphatic carbocycles. The Morgan fingerprint density at radius 1 is 1.14 bits per heavy atom. The molecule has 2 heterocycles. The van der Waals surface area contributed by atoms with Crippen molar-refractivity contribution >= 4 is 34.9 Å². The van der Waals surface area contributed by atoms with E-state index in [4.69, 9.17) is 23.2 Å². The van der Waals surface area contributed by atoms with Crippen LogP contribution < -0.4 is 0 Å². The van der Waals surface area contributed by atoms with Crippen LogP contribution in [0.25, 0.3) is 5.69 Å². The van der Waals surface area contributed by atoms with Crippen LogP contribution in [0.3, 0.4) is 0 Å². The molecule has 10 heteroatoms. The van der Waals surface area contributed by atoms with Gasteiger partial charge in [0, 0.05) is 5.56 Å². The van der Waals surface area contributed by atoms with E-state index in [2.05, 4.69) is 15.1 Å². The number of fused-ring (bicyclic) bond motifs is 3. The maximum absolute atomic E-state index is 14.5. The predicted molar refractivity (Wildman–Crippen MR) is 98.8 cm³/mol. The number of rotatable bonds is 2. The zero-order chi connectivity index (χ0) is 20.2. The topological polar surface area (TPSA) is 80.4 Å². The summed E-state index contributed by atoms with van der Waals surface area (Å²) in [5, 5.41) is 13.4. The van der Waals surface area contributed by atoms with Crippen molar-refractivity contribution in [1.29, 1.82) is 0 Å². The van der Waals surface area contributed by atoms with Crippen molar-refractivity contribution in [1.82, 2.24) is 14.8 Å². The van der Waals surface area contributed by atoms with Crippen molar-refractivity contribution in [2.45, 2.75) is 13.0 Å². The Morgan fingerprint density at radius 3 is 2.46 bits per heavy atom. The van der Waals surface area contributed by atoms with Crippen molar-refractivity contribution in [2.75, 3.05) is 0 Å². The lowest BCUT2D eigenvalue weighted by Gasteiger charge is -2.14. The molecule has 1 aliphatic rings. The zero-order valence-electron chi connectivity index (χ0n) is 14.1. The maximum atomic E-state index is 14.5. The Hall–Kier alpha value is -2.84. The van der Waals surface area contributed by atoms with E-state index in [1.54, 1.807) is 6.92 Å². The van der Waals surface area contributed by atoms with Crippen LogP contribution in [-0.4, -0.2) is 31.6 Å². The molecule has 0 saturated carbocycles. The van der Waals surface area contributed by atoms with Gasteiger partial charge in [-0.05, 0) is 31.2 Å². The first-order valence-electron chi connectivity index (χ1n) is 8.00. The minimum atomic E-state index is -1.32. The second kappa shape index (κ2) is 6.65. The summed E-state index contributed by atoms with van der Waals surface area (Å²) in [4.78, 5) is 19.7. The molecule has 4 rings (SSSR count). The van der Waals surface area contributed by atoms with Crippen molar-refractivity contribution in [3.8, 4) is 5.69 Å². The van der Waals surface area contributed by atoms with Gasteiger partial charge in [0.25, 0.3) is 5.82 Å². The van der Waals surface area contributed by atoms with Crippen LogP contribution in [-0.2, 0) is 0 Å². The molecule has 3 aromatic rings. The molecule has 1 atom stereocenters. The third-order valence-electron chi connectivity index (χ3n) is 4.26. The van der Waals surface area contributed by atoms with E-state index in [0.717, 1.165) is 12.1 Å². The smallest absolute Gasteiger partial charge is 0.375 e. The summed E-state index contributed by atoms with van der Waals surface area (Å²) in [6.07, 6.45) is 0. The molecule has 142 valence electrons. The highest BCUT2D eigenvalue weighted by Gasteiger charge is 2.31. The molecule has 0 saturated heterocycles. The number of benzene rings is 2. The fraction of sp³-hybridized carbons (Fsp3) is 0.111. The molecule has 0 bridgehead atoms. The maximum Gasteiger partial charge on any atom is 0.375 e. The van der Waals surface area contributed by atoms with Crippen molar-refractivity contribution in [3.63, 3.8) is 0 Å². The van der Waals surface area contributed by atoms with Gasteiger partial charge < -0.3 is 5.11 Å². The summed E-state index contributed by atoms with van der Waals surface area (Å²) < 4.78 is 30.3. The lowest BCUT2D eigenvalue weighted by molar-refractivity contribution is 0.0683. The molecular formula is C18H10Cl2F2N4O2. The summed E-state index contributed by atoms with van der Waals surface area (Å²) in [6, 6.07) is 5.67. The third kappa shape index (κ3) is 2.76. The molecule has 0 amide bonds. The van der Waals surface area contributed by atoms with Crippen LogP contribution in [0.15, 0.2) is 35.3 Å². The number of aromatic nitrogens is 3. The lowest BCUT2D eigenvalue weighted by atomic mass is 9.99. The average Bonchev–Trinajstić information content (AvgIpc) is 3.04.